The molecule has 0 amide bonds. The van der Waals surface area contributed by atoms with Crippen molar-refractivity contribution in [3.05, 3.63) is 0 Å². The highest BCUT2D eigenvalue weighted by Crippen LogP contribution is 2.34. The summed E-state index contributed by atoms with van der Waals surface area (Å²) in [6.45, 7) is 6.63. The van der Waals surface area contributed by atoms with E-state index in [1.807, 2.05) is 0 Å². The van der Waals surface area contributed by atoms with Crippen LogP contribution >= 0.6 is 0 Å². The summed E-state index contributed by atoms with van der Waals surface area (Å²) in [4.78, 5) is 0. The van der Waals surface area contributed by atoms with Crippen molar-refractivity contribution < 1.29 is 9.84 Å². The summed E-state index contributed by atoms with van der Waals surface area (Å²) >= 11 is 0. The second-order valence-corrected chi connectivity index (χ2v) is 4.66. The van der Waals surface area contributed by atoms with Gasteiger partial charge >= 0.3 is 0 Å². The molecule has 2 heteroatoms. The van der Waals surface area contributed by atoms with Crippen LogP contribution in [0.3, 0.4) is 0 Å². The molecule has 1 N–H and O–H groups in total. The number of hydrogen-bond acceptors (Lipinski definition) is 2. The summed E-state index contributed by atoms with van der Waals surface area (Å²) in [6, 6.07) is 0. The molecule has 3 atom stereocenters. The lowest BCUT2D eigenvalue weighted by Crippen LogP contribution is -2.34. The van der Waals surface area contributed by atoms with Crippen molar-refractivity contribution in [1.29, 1.82) is 0 Å². The van der Waals surface area contributed by atoms with Crippen LogP contribution in [0.25, 0.3) is 0 Å². The first-order valence-corrected chi connectivity index (χ1v) is 5.37. The Morgan fingerprint density at radius 2 is 2.08 bits per heavy atom. The van der Waals surface area contributed by atoms with E-state index in [9.17, 15) is 0 Å². The second kappa shape index (κ2) is 4.97. The fourth-order valence-electron chi connectivity index (χ4n) is 2.40. The summed E-state index contributed by atoms with van der Waals surface area (Å²) in [5, 5.41) is 8.78. The zero-order valence-electron chi connectivity index (χ0n) is 8.99. The maximum Gasteiger partial charge on any atom is 0.143 e. The molecule has 0 unspecified atom stereocenters. The molecule has 1 fully saturated rings. The molecular weight excluding hydrogens is 164 g/mol. The third-order valence-corrected chi connectivity index (χ3v) is 3.25. The quantitative estimate of drug-likeness (QED) is 0.686. The predicted molar refractivity (Wildman–Crippen MR) is 53.3 cm³/mol. The lowest BCUT2D eigenvalue weighted by atomic mass is 9.75. The van der Waals surface area contributed by atoms with E-state index in [2.05, 4.69) is 20.8 Å². The van der Waals surface area contributed by atoms with Crippen LogP contribution in [0.15, 0.2) is 0 Å². The van der Waals surface area contributed by atoms with Crippen molar-refractivity contribution in [2.24, 2.45) is 17.8 Å². The van der Waals surface area contributed by atoms with Crippen LogP contribution in [0.4, 0.5) is 0 Å². The standard InChI is InChI=1S/C11H22O2/c1-8(2)10-5-4-9(3)6-11(10)13-7-12/h8-12H,4-7H2,1-3H3/t9-,10+,11-/m1/s1. The van der Waals surface area contributed by atoms with Crippen molar-refractivity contribution in [2.45, 2.75) is 46.1 Å². The van der Waals surface area contributed by atoms with Crippen molar-refractivity contribution in [2.75, 3.05) is 6.79 Å². The van der Waals surface area contributed by atoms with Crippen molar-refractivity contribution >= 4 is 0 Å². The molecule has 2 nitrogen and oxygen atoms in total. The van der Waals surface area contributed by atoms with Gasteiger partial charge in [-0.1, -0.05) is 27.2 Å². The molecular formula is C11H22O2. The average Bonchev–Trinajstić information content (AvgIpc) is 2.04. The molecule has 1 aliphatic rings. The van der Waals surface area contributed by atoms with Crippen LogP contribution < -0.4 is 0 Å². The molecule has 0 spiro atoms. The third kappa shape index (κ3) is 2.96. The van der Waals surface area contributed by atoms with Crippen LogP contribution in [-0.2, 0) is 4.74 Å². The van der Waals surface area contributed by atoms with Crippen LogP contribution in [0.2, 0.25) is 0 Å². The van der Waals surface area contributed by atoms with E-state index in [0.717, 1.165) is 12.3 Å². The van der Waals surface area contributed by atoms with E-state index in [4.69, 9.17) is 9.84 Å². The first-order chi connectivity index (χ1) is 6.15. The zero-order valence-corrected chi connectivity index (χ0v) is 8.99. The normalized spacial score (nSPS) is 35.3. The Bertz CT molecular complexity index is 145. The molecule has 0 aliphatic heterocycles. The maximum atomic E-state index is 8.78. The van der Waals surface area contributed by atoms with E-state index in [1.165, 1.54) is 12.8 Å². The molecule has 0 bridgehead atoms. The minimum atomic E-state index is -0.124. The van der Waals surface area contributed by atoms with Gasteiger partial charge in [0.15, 0.2) is 0 Å². The minimum Gasteiger partial charge on any atom is -0.371 e. The van der Waals surface area contributed by atoms with Crippen molar-refractivity contribution in [1.82, 2.24) is 0 Å². The van der Waals surface area contributed by atoms with Gasteiger partial charge in [0.1, 0.15) is 6.79 Å². The molecule has 0 aromatic carbocycles. The molecule has 1 saturated carbocycles. The highest BCUT2D eigenvalue weighted by molar-refractivity contribution is 4.80. The third-order valence-electron chi connectivity index (χ3n) is 3.25. The van der Waals surface area contributed by atoms with Gasteiger partial charge in [0.2, 0.25) is 0 Å². The number of ether oxygens (including phenoxy) is 1. The van der Waals surface area contributed by atoms with Gasteiger partial charge in [0.05, 0.1) is 6.10 Å². The van der Waals surface area contributed by atoms with Gasteiger partial charge in [-0.25, -0.2) is 0 Å². The Labute approximate surface area is 81.3 Å². The smallest absolute Gasteiger partial charge is 0.143 e. The van der Waals surface area contributed by atoms with E-state index in [1.54, 1.807) is 0 Å². The van der Waals surface area contributed by atoms with E-state index in [0.29, 0.717) is 11.8 Å². The van der Waals surface area contributed by atoms with Crippen LogP contribution in [0.1, 0.15) is 40.0 Å². The van der Waals surface area contributed by atoms with Crippen molar-refractivity contribution in [3.8, 4) is 0 Å². The number of hydrogen-bond donors (Lipinski definition) is 1. The zero-order chi connectivity index (χ0) is 9.84. The lowest BCUT2D eigenvalue weighted by Gasteiger charge is -2.36. The largest absolute Gasteiger partial charge is 0.371 e. The molecule has 13 heavy (non-hydrogen) atoms. The highest BCUT2D eigenvalue weighted by Gasteiger charge is 2.30. The lowest BCUT2D eigenvalue weighted by molar-refractivity contribution is -0.101. The monoisotopic (exact) mass is 186 g/mol. The van der Waals surface area contributed by atoms with Gasteiger partial charge in [-0.15, -0.1) is 0 Å². The van der Waals surface area contributed by atoms with Gasteiger partial charge in [0.25, 0.3) is 0 Å². The molecule has 0 aromatic rings. The molecule has 0 aromatic heterocycles. The van der Waals surface area contributed by atoms with Gasteiger partial charge in [-0.3, -0.25) is 0 Å². The molecule has 0 saturated heterocycles. The van der Waals surface area contributed by atoms with Gasteiger partial charge in [-0.2, -0.15) is 0 Å². The Kier molecular flexibility index (Phi) is 4.20. The van der Waals surface area contributed by atoms with Gasteiger partial charge in [0, 0.05) is 0 Å². The highest BCUT2D eigenvalue weighted by atomic mass is 16.6. The topological polar surface area (TPSA) is 29.5 Å². The average molecular weight is 186 g/mol. The van der Waals surface area contributed by atoms with Crippen LogP contribution in [0, 0.1) is 17.8 Å². The first-order valence-electron chi connectivity index (χ1n) is 5.37. The summed E-state index contributed by atoms with van der Waals surface area (Å²) < 4.78 is 5.38. The SMILES string of the molecule is CC(C)[C@@H]1CC[C@@H](C)C[C@H]1OCO. The molecule has 0 heterocycles. The Hall–Kier alpha value is -0.0800. The molecule has 1 aliphatic carbocycles. The Morgan fingerprint density at radius 1 is 1.38 bits per heavy atom. The molecule has 0 radical (unpaired) electrons. The number of aliphatic hydroxyl groups is 1. The summed E-state index contributed by atoms with van der Waals surface area (Å²) in [5.41, 5.74) is 0. The van der Waals surface area contributed by atoms with Crippen molar-refractivity contribution in [3.63, 3.8) is 0 Å². The number of aliphatic hydroxyl groups excluding tert-OH is 1. The van der Waals surface area contributed by atoms with E-state index in [-0.39, 0.29) is 12.9 Å². The maximum absolute atomic E-state index is 8.78. The van der Waals surface area contributed by atoms with E-state index < -0.39 is 0 Å². The summed E-state index contributed by atoms with van der Waals surface area (Å²) in [6.07, 6.45) is 3.97. The van der Waals surface area contributed by atoms with E-state index >= 15 is 0 Å². The minimum absolute atomic E-state index is 0.124. The summed E-state index contributed by atoms with van der Waals surface area (Å²) in [7, 11) is 0. The first kappa shape index (κ1) is 11.0. The fourth-order valence-corrected chi connectivity index (χ4v) is 2.40. The Balaban J connectivity index is 2.50. The predicted octanol–water partition coefficient (Wildman–Crippen LogP) is 2.41. The van der Waals surface area contributed by atoms with Crippen LogP contribution in [-0.4, -0.2) is 18.0 Å². The van der Waals surface area contributed by atoms with Crippen LogP contribution in [0.5, 0.6) is 0 Å². The molecule has 78 valence electrons. The fraction of sp³-hybridized carbons (Fsp3) is 1.00. The second-order valence-electron chi connectivity index (χ2n) is 4.66. The summed E-state index contributed by atoms with van der Waals surface area (Å²) in [5.74, 6) is 2.07. The van der Waals surface area contributed by atoms with Gasteiger partial charge < -0.3 is 9.84 Å². The Morgan fingerprint density at radius 3 is 2.62 bits per heavy atom. The molecule has 1 rings (SSSR count). The number of rotatable bonds is 3. The van der Waals surface area contributed by atoms with Gasteiger partial charge in [-0.05, 0) is 30.6 Å².